The Balaban J connectivity index is 1.42. The molecular weight excluding hydrogens is 442 g/mol. The van der Waals surface area contributed by atoms with Crippen LogP contribution in [0.25, 0.3) is 0 Å². The third kappa shape index (κ3) is 5.09. The normalized spacial score (nSPS) is 14.3. The average Bonchev–Trinajstić information content (AvgIpc) is 3.42. The lowest BCUT2D eigenvalue weighted by molar-refractivity contribution is -0.122. The van der Waals surface area contributed by atoms with E-state index in [1.165, 1.54) is 25.6 Å². The Bertz CT molecular complexity index is 1150. The number of fused-ring (bicyclic) bond motifs is 1. The van der Waals surface area contributed by atoms with Crippen LogP contribution < -0.4 is 24.8 Å². The zero-order chi connectivity index (χ0) is 23.4. The fourth-order valence-electron chi connectivity index (χ4n) is 3.74. The van der Waals surface area contributed by atoms with Crippen molar-refractivity contribution in [2.45, 2.75) is 25.3 Å². The molecule has 2 N–H and O–H groups in total. The maximum atomic E-state index is 12.8. The van der Waals surface area contributed by atoms with Gasteiger partial charge in [0.15, 0.2) is 5.13 Å². The van der Waals surface area contributed by atoms with Gasteiger partial charge in [0.25, 0.3) is 5.91 Å². The van der Waals surface area contributed by atoms with E-state index in [1.807, 2.05) is 24.3 Å². The maximum absolute atomic E-state index is 12.8. The van der Waals surface area contributed by atoms with Crippen LogP contribution >= 0.6 is 11.3 Å². The van der Waals surface area contributed by atoms with Gasteiger partial charge in [0.2, 0.25) is 5.91 Å². The molecule has 172 valence electrons. The van der Waals surface area contributed by atoms with Crippen molar-refractivity contribution in [3.8, 4) is 17.2 Å². The van der Waals surface area contributed by atoms with Gasteiger partial charge in [0.05, 0.1) is 32.9 Å². The number of amides is 2. The van der Waals surface area contributed by atoms with E-state index >= 15 is 0 Å². The summed E-state index contributed by atoms with van der Waals surface area (Å²) in [6.45, 7) is 0.410. The largest absolute Gasteiger partial charge is 0.497 e. The average molecular weight is 468 g/mol. The van der Waals surface area contributed by atoms with E-state index in [0.29, 0.717) is 35.2 Å². The molecule has 33 heavy (non-hydrogen) atoms. The molecule has 2 aromatic carbocycles. The van der Waals surface area contributed by atoms with Crippen LogP contribution in [0.3, 0.4) is 0 Å². The molecule has 9 heteroatoms. The van der Waals surface area contributed by atoms with Crippen molar-refractivity contribution in [3.05, 3.63) is 64.2 Å². The summed E-state index contributed by atoms with van der Waals surface area (Å²) in [4.78, 5) is 31.2. The summed E-state index contributed by atoms with van der Waals surface area (Å²) in [7, 11) is 4.67. The maximum Gasteiger partial charge on any atom is 0.257 e. The van der Waals surface area contributed by atoms with Crippen LogP contribution in [0.1, 0.15) is 38.8 Å². The van der Waals surface area contributed by atoms with Crippen molar-refractivity contribution in [3.63, 3.8) is 0 Å². The van der Waals surface area contributed by atoms with E-state index in [1.54, 1.807) is 25.3 Å². The number of rotatable bonds is 8. The number of hydrogen-bond donors (Lipinski definition) is 2. The molecule has 0 saturated heterocycles. The highest BCUT2D eigenvalue weighted by Crippen LogP contribution is 2.38. The Labute approximate surface area is 195 Å². The van der Waals surface area contributed by atoms with Crippen LogP contribution in [0.5, 0.6) is 17.2 Å². The van der Waals surface area contributed by atoms with Crippen molar-refractivity contribution < 1.29 is 23.8 Å². The summed E-state index contributed by atoms with van der Waals surface area (Å²) in [5.74, 6) is 1.07. The molecule has 2 amide bonds. The van der Waals surface area contributed by atoms with Crippen LogP contribution in [0.2, 0.25) is 0 Å². The van der Waals surface area contributed by atoms with Crippen LogP contribution in [-0.2, 0) is 17.8 Å². The molecule has 1 atom stereocenters. The van der Waals surface area contributed by atoms with Gasteiger partial charge < -0.3 is 19.5 Å². The van der Waals surface area contributed by atoms with Crippen LogP contribution in [0, 0.1) is 0 Å². The van der Waals surface area contributed by atoms with Crippen molar-refractivity contribution in [1.82, 2.24) is 10.3 Å². The minimum Gasteiger partial charge on any atom is -0.497 e. The lowest BCUT2D eigenvalue weighted by Gasteiger charge is -2.11. The predicted octanol–water partition coefficient (Wildman–Crippen LogP) is 3.77. The van der Waals surface area contributed by atoms with Gasteiger partial charge in [-0.2, -0.15) is 0 Å². The number of anilines is 1. The van der Waals surface area contributed by atoms with E-state index in [-0.39, 0.29) is 17.7 Å². The first-order chi connectivity index (χ1) is 16.0. The Morgan fingerprint density at radius 3 is 2.45 bits per heavy atom. The molecule has 0 spiro atoms. The van der Waals surface area contributed by atoms with Gasteiger partial charge >= 0.3 is 0 Å². The zero-order valence-electron chi connectivity index (χ0n) is 18.6. The van der Waals surface area contributed by atoms with Gasteiger partial charge in [-0.05, 0) is 42.7 Å². The molecule has 1 aromatic heterocycles. The number of thiazole rings is 1. The summed E-state index contributed by atoms with van der Waals surface area (Å²) in [6.07, 6.45) is 1.46. The summed E-state index contributed by atoms with van der Waals surface area (Å²) in [6, 6.07) is 12.5. The second-order valence-corrected chi connectivity index (χ2v) is 8.63. The van der Waals surface area contributed by atoms with E-state index in [0.717, 1.165) is 28.3 Å². The Kier molecular flexibility index (Phi) is 6.79. The lowest BCUT2D eigenvalue weighted by Crippen LogP contribution is -2.28. The molecule has 1 unspecified atom stereocenters. The molecule has 1 aliphatic carbocycles. The summed E-state index contributed by atoms with van der Waals surface area (Å²) >= 11 is 1.40. The molecule has 0 bridgehead atoms. The monoisotopic (exact) mass is 467 g/mol. The van der Waals surface area contributed by atoms with Crippen LogP contribution in [0.15, 0.2) is 42.5 Å². The van der Waals surface area contributed by atoms with Crippen molar-refractivity contribution in [2.75, 3.05) is 26.6 Å². The number of carbonyl (C=O) groups excluding carboxylic acids is 2. The SMILES string of the molecule is COc1cccc(CNC(=O)C2CCc3sc(NC(=O)c4cc(OC)cc(OC)c4)nc32)c1. The number of aryl methyl sites for hydroxylation is 1. The molecule has 4 rings (SSSR count). The van der Waals surface area contributed by atoms with Crippen molar-refractivity contribution in [2.24, 2.45) is 0 Å². The first-order valence-electron chi connectivity index (χ1n) is 10.5. The van der Waals surface area contributed by atoms with Crippen LogP contribution in [-0.4, -0.2) is 38.1 Å². The van der Waals surface area contributed by atoms with E-state index < -0.39 is 0 Å². The molecular formula is C24H25N3O5S. The summed E-state index contributed by atoms with van der Waals surface area (Å²) in [5.41, 5.74) is 2.09. The third-order valence-electron chi connectivity index (χ3n) is 5.47. The standard InChI is InChI=1S/C24H25N3O5S/c1-30-16-6-4-5-14(9-16)13-25-23(29)19-7-8-20-21(19)26-24(33-20)27-22(28)15-10-17(31-2)12-18(11-15)32-3/h4-6,9-12,19H,7-8,13H2,1-3H3,(H,25,29)(H,26,27,28). The molecule has 0 aliphatic heterocycles. The number of nitrogens with zero attached hydrogens (tertiary/aromatic N) is 1. The Morgan fingerprint density at radius 2 is 1.76 bits per heavy atom. The highest BCUT2D eigenvalue weighted by atomic mass is 32.1. The zero-order valence-corrected chi connectivity index (χ0v) is 19.5. The molecule has 8 nitrogen and oxygen atoms in total. The molecule has 3 aromatic rings. The topological polar surface area (TPSA) is 98.8 Å². The van der Waals surface area contributed by atoms with Gasteiger partial charge in [0, 0.05) is 23.1 Å². The second-order valence-electron chi connectivity index (χ2n) is 7.54. The van der Waals surface area contributed by atoms with E-state index in [4.69, 9.17) is 14.2 Å². The highest BCUT2D eigenvalue weighted by Gasteiger charge is 2.32. The highest BCUT2D eigenvalue weighted by molar-refractivity contribution is 7.16. The molecule has 0 fully saturated rings. The minimum absolute atomic E-state index is 0.0720. The van der Waals surface area contributed by atoms with Gasteiger partial charge in [-0.1, -0.05) is 12.1 Å². The van der Waals surface area contributed by atoms with Gasteiger partial charge in [-0.3, -0.25) is 14.9 Å². The van der Waals surface area contributed by atoms with E-state index in [2.05, 4.69) is 15.6 Å². The number of nitrogens with one attached hydrogen (secondary N) is 2. The minimum atomic E-state index is -0.329. The number of methoxy groups -OCH3 is 3. The molecule has 1 heterocycles. The molecule has 0 radical (unpaired) electrons. The number of carbonyl (C=O) groups is 2. The number of aromatic nitrogens is 1. The first-order valence-corrected chi connectivity index (χ1v) is 11.3. The smallest absolute Gasteiger partial charge is 0.257 e. The van der Waals surface area contributed by atoms with Crippen molar-refractivity contribution in [1.29, 1.82) is 0 Å². The van der Waals surface area contributed by atoms with Gasteiger partial charge in [-0.25, -0.2) is 4.98 Å². The Hall–Kier alpha value is -3.59. The van der Waals surface area contributed by atoms with Crippen LogP contribution in [0.4, 0.5) is 5.13 Å². The molecule has 1 aliphatic rings. The fourth-order valence-corrected chi connectivity index (χ4v) is 4.77. The lowest BCUT2D eigenvalue weighted by atomic mass is 10.1. The second kappa shape index (κ2) is 9.91. The Morgan fingerprint density at radius 1 is 1.03 bits per heavy atom. The number of hydrogen-bond acceptors (Lipinski definition) is 7. The molecule has 0 saturated carbocycles. The number of benzene rings is 2. The first kappa shape index (κ1) is 22.6. The van der Waals surface area contributed by atoms with E-state index in [9.17, 15) is 9.59 Å². The fraction of sp³-hybridized carbons (Fsp3) is 0.292. The number of ether oxygens (including phenoxy) is 3. The summed E-state index contributed by atoms with van der Waals surface area (Å²) in [5, 5.41) is 6.29. The quantitative estimate of drug-likeness (QED) is 0.523. The van der Waals surface area contributed by atoms with Crippen molar-refractivity contribution >= 4 is 28.3 Å². The summed E-state index contributed by atoms with van der Waals surface area (Å²) < 4.78 is 15.7. The van der Waals surface area contributed by atoms with Gasteiger partial charge in [-0.15, -0.1) is 11.3 Å². The third-order valence-corrected chi connectivity index (χ3v) is 6.52. The predicted molar refractivity (Wildman–Crippen MR) is 126 cm³/mol. The van der Waals surface area contributed by atoms with Gasteiger partial charge in [0.1, 0.15) is 17.2 Å².